The lowest BCUT2D eigenvalue weighted by Gasteiger charge is -2.33. The molecule has 1 saturated heterocycles. The van der Waals surface area contributed by atoms with Gasteiger partial charge in [-0.2, -0.15) is 11.8 Å². The van der Waals surface area contributed by atoms with Crippen LogP contribution in [-0.2, 0) is 4.79 Å². The number of rotatable bonds is 2. The number of carbonyl (C=O) groups excluding carboxylic acids is 1. The molecule has 86 valence electrons. The standard InChI is InChI=1S/C12H15NO2S/c1-3-12(14)13-6-7-16-8-10(13)11-5-4-9(2)15-11/h3-5,10H,1,6-8H2,2H3. The van der Waals surface area contributed by atoms with E-state index >= 15 is 0 Å². The Kier molecular flexibility index (Phi) is 3.39. The highest BCUT2D eigenvalue weighted by Gasteiger charge is 2.28. The lowest BCUT2D eigenvalue weighted by atomic mass is 10.2. The van der Waals surface area contributed by atoms with Crippen molar-refractivity contribution in [2.75, 3.05) is 18.1 Å². The van der Waals surface area contributed by atoms with E-state index < -0.39 is 0 Å². The second kappa shape index (κ2) is 4.78. The van der Waals surface area contributed by atoms with E-state index in [1.807, 2.05) is 35.7 Å². The van der Waals surface area contributed by atoms with Gasteiger partial charge in [0.05, 0.1) is 6.04 Å². The van der Waals surface area contributed by atoms with Crippen molar-refractivity contribution in [3.63, 3.8) is 0 Å². The first-order chi connectivity index (χ1) is 7.72. The predicted octanol–water partition coefficient (Wildman–Crippen LogP) is 2.39. The fourth-order valence-corrected chi connectivity index (χ4v) is 2.91. The minimum Gasteiger partial charge on any atom is -0.464 e. The Morgan fingerprint density at radius 3 is 3.12 bits per heavy atom. The third kappa shape index (κ3) is 2.16. The Morgan fingerprint density at radius 1 is 1.69 bits per heavy atom. The average molecular weight is 237 g/mol. The largest absolute Gasteiger partial charge is 0.464 e. The average Bonchev–Trinajstić information content (AvgIpc) is 2.75. The molecule has 1 aliphatic heterocycles. The van der Waals surface area contributed by atoms with Crippen molar-refractivity contribution >= 4 is 17.7 Å². The molecule has 1 fully saturated rings. The Bertz CT molecular complexity index is 399. The molecule has 1 aromatic heterocycles. The van der Waals surface area contributed by atoms with Crippen LogP contribution in [0, 0.1) is 6.92 Å². The number of carbonyl (C=O) groups is 1. The molecule has 0 aliphatic carbocycles. The lowest BCUT2D eigenvalue weighted by molar-refractivity contribution is -0.128. The SMILES string of the molecule is C=CC(=O)N1CCSCC1c1ccc(C)o1. The molecule has 0 aromatic carbocycles. The molecule has 16 heavy (non-hydrogen) atoms. The van der Waals surface area contributed by atoms with Crippen molar-refractivity contribution in [3.05, 3.63) is 36.3 Å². The third-order valence-corrected chi connectivity index (χ3v) is 3.70. The van der Waals surface area contributed by atoms with Gasteiger partial charge >= 0.3 is 0 Å². The molecule has 0 spiro atoms. The van der Waals surface area contributed by atoms with Gasteiger partial charge in [-0.05, 0) is 25.1 Å². The number of nitrogens with zero attached hydrogens (tertiary/aromatic N) is 1. The molecule has 4 heteroatoms. The number of hydrogen-bond acceptors (Lipinski definition) is 3. The quantitative estimate of drug-likeness (QED) is 0.740. The molecule has 3 nitrogen and oxygen atoms in total. The maximum absolute atomic E-state index is 11.7. The molecule has 1 unspecified atom stereocenters. The Hall–Kier alpha value is -1.16. The maximum Gasteiger partial charge on any atom is 0.246 e. The molecule has 0 radical (unpaired) electrons. The molecule has 0 saturated carbocycles. The fourth-order valence-electron chi connectivity index (χ4n) is 1.85. The number of thioether (sulfide) groups is 1. The summed E-state index contributed by atoms with van der Waals surface area (Å²) >= 11 is 1.85. The monoisotopic (exact) mass is 237 g/mol. The van der Waals surface area contributed by atoms with Crippen molar-refractivity contribution in [3.8, 4) is 0 Å². The van der Waals surface area contributed by atoms with Crippen LogP contribution < -0.4 is 0 Å². The summed E-state index contributed by atoms with van der Waals surface area (Å²) < 4.78 is 5.61. The molecular weight excluding hydrogens is 222 g/mol. The second-order valence-electron chi connectivity index (χ2n) is 3.77. The highest BCUT2D eigenvalue weighted by atomic mass is 32.2. The molecule has 1 aliphatic rings. The fraction of sp³-hybridized carbons (Fsp3) is 0.417. The van der Waals surface area contributed by atoms with Crippen LogP contribution >= 0.6 is 11.8 Å². The molecule has 1 aromatic rings. The van der Waals surface area contributed by atoms with E-state index in [-0.39, 0.29) is 11.9 Å². The number of amides is 1. The summed E-state index contributed by atoms with van der Waals surface area (Å²) in [6.07, 6.45) is 1.37. The highest BCUT2D eigenvalue weighted by Crippen LogP contribution is 2.30. The van der Waals surface area contributed by atoms with Gasteiger partial charge in [-0.25, -0.2) is 0 Å². The van der Waals surface area contributed by atoms with Crippen LogP contribution in [0.1, 0.15) is 17.6 Å². The summed E-state index contributed by atoms with van der Waals surface area (Å²) in [4.78, 5) is 13.5. The minimum absolute atomic E-state index is 0.0145. The molecule has 0 N–H and O–H groups in total. The maximum atomic E-state index is 11.7. The first-order valence-electron chi connectivity index (χ1n) is 5.29. The minimum atomic E-state index is -0.0145. The molecule has 2 heterocycles. The van der Waals surface area contributed by atoms with Crippen LogP contribution in [0.15, 0.2) is 29.2 Å². The van der Waals surface area contributed by atoms with Crippen LogP contribution in [0.4, 0.5) is 0 Å². The van der Waals surface area contributed by atoms with E-state index in [0.29, 0.717) is 0 Å². The van der Waals surface area contributed by atoms with Gasteiger partial charge in [-0.3, -0.25) is 4.79 Å². The van der Waals surface area contributed by atoms with E-state index in [1.165, 1.54) is 6.08 Å². The number of aryl methyl sites for hydroxylation is 1. The van der Waals surface area contributed by atoms with Crippen molar-refractivity contribution in [2.24, 2.45) is 0 Å². The van der Waals surface area contributed by atoms with E-state index in [9.17, 15) is 4.79 Å². The van der Waals surface area contributed by atoms with E-state index in [2.05, 4.69) is 6.58 Å². The molecule has 1 amide bonds. The Balaban J connectivity index is 2.22. The van der Waals surface area contributed by atoms with Gasteiger partial charge in [0.2, 0.25) is 5.91 Å². The number of furan rings is 1. The Morgan fingerprint density at radius 2 is 2.50 bits per heavy atom. The lowest BCUT2D eigenvalue weighted by Crippen LogP contribution is -2.39. The third-order valence-electron chi connectivity index (χ3n) is 2.68. The van der Waals surface area contributed by atoms with Gasteiger partial charge in [0, 0.05) is 18.1 Å². The molecular formula is C12H15NO2S. The summed E-state index contributed by atoms with van der Waals surface area (Å²) in [6, 6.07) is 3.94. The van der Waals surface area contributed by atoms with E-state index in [4.69, 9.17) is 4.42 Å². The molecule has 1 atom stereocenters. The summed E-state index contributed by atoms with van der Waals surface area (Å²) in [5.41, 5.74) is 0. The van der Waals surface area contributed by atoms with Gasteiger partial charge in [0.1, 0.15) is 11.5 Å². The van der Waals surface area contributed by atoms with Crippen molar-refractivity contribution in [1.29, 1.82) is 0 Å². The van der Waals surface area contributed by atoms with Crippen LogP contribution in [-0.4, -0.2) is 28.9 Å². The van der Waals surface area contributed by atoms with Crippen LogP contribution in [0.2, 0.25) is 0 Å². The van der Waals surface area contributed by atoms with Gasteiger partial charge in [-0.1, -0.05) is 6.58 Å². The molecule has 2 rings (SSSR count). The van der Waals surface area contributed by atoms with Gasteiger partial charge in [0.25, 0.3) is 0 Å². The van der Waals surface area contributed by atoms with Gasteiger partial charge in [0.15, 0.2) is 0 Å². The van der Waals surface area contributed by atoms with Crippen molar-refractivity contribution < 1.29 is 9.21 Å². The van der Waals surface area contributed by atoms with Crippen molar-refractivity contribution in [2.45, 2.75) is 13.0 Å². The van der Waals surface area contributed by atoms with Gasteiger partial charge < -0.3 is 9.32 Å². The normalized spacial score (nSPS) is 20.8. The predicted molar refractivity (Wildman–Crippen MR) is 65.4 cm³/mol. The summed E-state index contributed by atoms with van der Waals surface area (Å²) in [5.74, 6) is 3.62. The van der Waals surface area contributed by atoms with E-state index in [0.717, 1.165) is 29.6 Å². The summed E-state index contributed by atoms with van der Waals surface area (Å²) in [6.45, 7) is 6.22. The summed E-state index contributed by atoms with van der Waals surface area (Å²) in [5, 5.41) is 0. The van der Waals surface area contributed by atoms with Crippen LogP contribution in [0.3, 0.4) is 0 Å². The highest BCUT2D eigenvalue weighted by molar-refractivity contribution is 7.99. The zero-order chi connectivity index (χ0) is 11.5. The first kappa shape index (κ1) is 11.3. The van der Waals surface area contributed by atoms with Crippen LogP contribution in [0.5, 0.6) is 0 Å². The first-order valence-corrected chi connectivity index (χ1v) is 6.45. The summed E-state index contributed by atoms with van der Waals surface area (Å²) in [7, 11) is 0. The van der Waals surface area contributed by atoms with Crippen molar-refractivity contribution in [1.82, 2.24) is 4.90 Å². The van der Waals surface area contributed by atoms with Crippen LogP contribution in [0.25, 0.3) is 0 Å². The topological polar surface area (TPSA) is 33.5 Å². The second-order valence-corrected chi connectivity index (χ2v) is 4.92. The van der Waals surface area contributed by atoms with E-state index in [1.54, 1.807) is 0 Å². The zero-order valence-electron chi connectivity index (χ0n) is 9.31. The van der Waals surface area contributed by atoms with Gasteiger partial charge in [-0.15, -0.1) is 0 Å². The number of hydrogen-bond donors (Lipinski definition) is 0. The zero-order valence-corrected chi connectivity index (χ0v) is 10.1. The molecule has 0 bridgehead atoms. The Labute approximate surface area is 99.5 Å². The smallest absolute Gasteiger partial charge is 0.246 e.